The fourth-order valence-corrected chi connectivity index (χ4v) is 3.10. The smallest absolute Gasteiger partial charge is 0.241 e. The maximum absolute atomic E-state index is 12.6. The van der Waals surface area contributed by atoms with Gasteiger partial charge in [-0.05, 0) is 49.1 Å². The lowest BCUT2D eigenvalue weighted by molar-refractivity contribution is -0.127. The predicted molar refractivity (Wildman–Crippen MR) is 91.5 cm³/mol. The van der Waals surface area contributed by atoms with Gasteiger partial charge in [-0.2, -0.15) is 0 Å². The highest BCUT2D eigenvalue weighted by molar-refractivity contribution is 5.83. The molecule has 0 aliphatic carbocycles. The number of rotatable bonds is 5. The fraction of sp³-hybridized carbons (Fsp3) is 0.632. The average molecular weight is 302 g/mol. The van der Waals surface area contributed by atoms with E-state index in [0.29, 0.717) is 5.92 Å². The van der Waals surface area contributed by atoms with Crippen molar-refractivity contribution < 1.29 is 4.79 Å². The molecule has 122 valence electrons. The molecule has 3 heteroatoms. The Morgan fingerprint density at radius 3 is 2.50 bits per heavy atom. The molecule has 1 heterocycles. The van der Waals surface area contributed by atoms with Crippen LogP contribution in [0.1, 0.15) is 57.6 Å². The van der Waals surface area contributed by atoms with Crippen LogP contribution in [0.5, 0.6) is 0 Å². The monoisotopic (exact) mass is 302 g/mol. The highest BCUT2D eigenvalue weighted by Crippen LogP contribution is 2.23. The van der Waals surface area contributed by atoms with E-state index in [1.54, 1.807) is 0 Å². The number of nitrogens with zero attached hydrogens (tertiary/aromatic N) is 1. The Bertz CT molecular complexity index is 490. The molecule has 1 aromatic carbocycles. The summed E-state index contributed by atoms with van der Waals surface area (Å²) < 4.78 is 0. The van der Waals surface area contributed by atoms with Crippen molar-refractivity contribution in [3.8, 4) is 0 Å². The Labute approximate surface area is 135 Å². The van der Waals surface area contributed by atoms with E-state index in [1.807, 2.05) is 13.0 Å². The van der Waals surface area contributed by atoms with Crippen LogP contribution in [0.2, 0.25) is 0 Å². The molecule has 0 aromatic heterocycles. The Morgan fingerprint density at radius 1 is 1.23 bits per heavy atom. The summed E-state index contributed by atoms with van der Waals surface area (Å²) in [6.07, 6.45) is 3.35. The van der Waals surface area contributed by atoms with E-state index in [4.69, 9.17) is 0 Å². The van der Waals surface area contributed by atoms with E-state index in [1.165, 1.54) is 24.0 Å². The molecule has 2 rings (SSSR count). The van der Waals surface area contributed by atoms with Crippen molar-refractivity contribution in [3.05, 3.63) is 35.4 Å². The van der Waals surface area contributed by atoms with Gasteiger partial charge in [-0.25, -0.2) is 5.01 Å². The summed E-state index contributed by atoms with van der Waals surface area (Å²) in [5.74, 6) is 1.39. The SMILES string of the molecule is CC(C)Cc1ccccc1C(C)C(=O)NN1CCC(C)CC1. The summed E-state index contributed by atoms with van der Waals surface area (Å²) in [4.78, 5) is 12.6. The number of hydrazine groups is 1. The summed E-state index contributed by atoms with van der Waals surface area (Å²) in [5, 5.41) is 2.09. The standard InChI is InChI=1S/C19H30N2O/c1-14(2)13-17-7-5-6-8-18(17)16(4)19(22)20-21-11-9-15(3)10-12-21/h5-8,14-16H,9-13H2,1-4H3,(H,20,22). The molecule has 1 aliphatic rings. The van der Waals surface area contributed by atoms with Crippen LogP contribution in [0.4, 0.5) is 0 Å². The Kier molecular flexibility index (Phi) is 6.01. The number of amides is 1. The summed E-state index contributed by atoms with van der Waals surface area (Å²) >= 11 is 0. The van der Waals surface area contributed by atoms with Crippen LogP contribution in [0.3, 0.4) is 0 Å². The van der Waals surface area contributed by atoms with Gasteiger partial charge in [0.1, 0.15) is 0 Å². The molecule has 1 atom stereocenters. The van der Waals surface area contributed by atoms with Crippen molar-refractivity contribution in [1.29, 1.82) is 0 Å². The molecular formula is C19H30N2O. The van der Waals surface area contributed by atoms with Crippen molar-refractivity contribution in [2.24, 2.45) is 11.8 Å². The average Bonchev–Trinajstić information content (AvgIpc) is 2.49. The van der Waals surface area contributed by atoms with E-state index < -0.39 is 0 Å². The fourth-order valence-electron chi connectivity index (χ4n) is 3.10. The minimum absolute atomic E-state index is 0.103. The van der Waals surface area contributed by atoms with Crippen LogP contribution < -0.4 is 5.43 Å². The maximum atomic E-state index is 12.6. The number of piperidine rings is 1. The van der Waals surface area contributed by atoms with Gasteiger partial charge < -0.3 is 0 Å². The van der Waals surface area contributed by atoms with Gasteiger partial charge in [0.25, 0.3) is 0 Å². The highest BCUT2D eigenvalue weighted by Gasteiger charge is 2.22. The molecule has 1 aliphatic heterocycles. The first-order valence-corrected chi connectivity index (χ1v) is 8.60. The first-order chi connectivity index (χ1) is 10.5. The third-order valence-electron chi connectivity index (χ3n) is 4.59. The topological polar surface area (TPSA) is 32.3 Å². The van der Waals surface area contributed by atoms with Crippen LogP contribution in [-0.2, 0) is 11.2 Å². The van der Waals surface area contributed by atoms with Gasteiger partial charge in [0.2, 0.25) is 5.91 Å². The summed E-state index contributed by atoms with van der Waals surface area (Å²) in [7, 11) is 0. The molecule has 0 bridgehead atoms. The van der Waals surface area contributed by atoms with Crippen molar-refractivity contribution in [2.45, 2.75) is 52.9 Å². The minimum atomic E-state index is -0.103. The van der Waals surface area contributed by atoms with Gasteiger partial charge in [-0.3, -0.25) is 10.2 Å². The molecule has 1 fully saturated rings. The third-order valence-corrected chi connectivity index (χ3v) is 4.59. The van der Waals surface area contributed by atoms with Crippen molar-refractivity contribution in [3.63, 3.8) is 0 Å². The molecule has 1 amide bonds. The van der Waals surface area contributed by atoms with Gasteiger partial charge in [0.15, 0.2) is 0 Å². The zero-order chi connectivity index (χ0) is 16.1. The second kappa shape index (κ2) is 7.77. The van der Waals surface area contributed by atoms with Crippen LogP contribution in [0.25, 0.3) is 0 Å². The zero-order valence-electron chi connectivity index (χ0n) is 14.4. The number of carbonyl (C=O) groups excluding carboxylic acids is 1. The maximum Gasteiger partial charge on any atom is 0.241 e. The van der Waals surface area contributed by atoms with E-state index in [9.17, 15) is 4.79 Å². The van der Waals surface area contributed by atoms with Crippen molar-refractivity contribution >= 4 is 5.91 Å². The molecule has 0 radical (unpaired) electrons. The summed E-state index contributed by atoms with van der Waals surface area (Å²) in [5.41, 5.74) is 5.58. The third kappa shape index (κ3) is 4.57. The highest BCUT2D eigenvalue weighted by atomic mass is 16.2. The van der Waals surface area contributed by atoms with Crippen LogP contribution in [0, 0.1) is 11.8 Å². The number of hydrogen-bond donors (Lipinski definition) is 1. The number of carbonyl (C=O) groups is 1. The molecule has 1 aromatic rings. The first kappa shape index (κ1) is 17.0. The Morgan fingerprint density at radius 2 is 1.86 bits per heavy atom. The lowest BCUT2D eigenvalue weighted by Crippen LogP contribution is -2.47. The molecule has 1 unspecified atom stereocenters. The van der Waals surface area contributed by atoms with Crippen LogP contribution in [-0.4, -0.2) is 24.0 Å². The molecule has 1 saturated heterocycles. The predicted octanol–water partition coefficient (Wildman–Crippen LogP) is 3.75. The van der Waals surface area contributed by atoms with E-state index in [2.05, 4.69) is 49.4 Å². The Hall–Kier alpha value is -1.35. The summed E-state index contributed by atoms with van der Waals surface area (Å²) in [6.45, 7) is 10.7. The van der Waals surface area contributed by atoms with Crippen molar-refractivity contribution in [2.75, 3.05) is 13.1 Å². The van der Waals surface area contributed by atoms with Gasteiger partial charge in [-0.1, -0.05) is 45.0 Å². The Balaban J connectivity index is 2.01. The summed E-state index contributed by atoms with van der Waals surface area (Å²) in [6, 6.07) is 8.35. The quantitative estimate of drug-likeness (QED) is 0.898. The van der Waals surface area contributed by atoms with Gasteiger partial charge >= 0.3 is 0 Å². The second-order valence-corrected chi connectivity index (χ2v) is 7.16. The molecule has 0 saturated carbocycles. The van der Waals surface area contributed by atoms with Crippen molar-refractivity contribution in [1.82, 2.24) is 10.4 Å². The molecule has 1 N–H and O–H groups in total. The van der Waals surface area contributed by atoms with E-state index in [-0.39, 0.29) is 11.8 Å². The molecule has 3 nitrogen and oxygen atoms in total. The first-order valence-electron chi connectivity index (χ1n) is 8.60. The van der Waals surface area contributed by atoms with E-state index >= 15 is 0 Å². The normalized spacial score (nSPS) is 18.4. The zero-order valence-corrected chi connectivity index (χ0v) is 14.4. The largest absolute Gasteiger partial charge is 0.288 e. The number of nitrogens with one attached hydrogen (secondary N) is 1. The van der Waals surface area contributed by atoms with Crippen LogP contribution in [0.15, 0.2) is 24.3 Å². The number of hydrogen-bond acceptors (Lipinski definition) is 2. The molecular weight excluding hydrogens is 272 g/mol. The lowest BCUT2D eigenvalue weighted by Gasteiger charge is -2.31. The second-order valence-electron chi connectivity index (χ2n) is 7.16. The molecule has 0 spiro atoms. The van der Waals surface area contributed by atoms with Gasteiger partial charge in [-0.15, -0.1) is 0 Å². The van der Waals surface area contributed by atoms with Gasteiger partial charge in [0, 0.05) is 13.1 Å². The molecule has 22 heavy (non-hydrogen) atoms. The van der Waals surface area contributed by atoms with Crippen LogP contribution >= 0.6 is 0 Å². The van der Waals surface area contributed by atoms with E-state index in [0.717, 1.165) is 25.4 Å². The number of benzene rings is 1. The minimum Gasteiger partial charge on any atom is -0.288 e. The lowest BCUT2D eigenvalue weighted by atomic mass is 9.90. The van der Waals surface area contributed by atoms with Gasteiger partial charge in [0.05, 0.1) is 5.92 Å².